The van der Waals surface area contributed by atoms with Crippen LogP contribution in [0.3, 0.4) is 0 Å². The average Bonchev–Trinajstić information content (AvgIpc) is 2.51. The van der Waals surface area contributed by atoms with Gasteiger partial charge in [0.25, 0.3) is 0 Å². The van der Waals surface area contributed by atoms with Crippen LogP contribution in [0.5, 0.6) is 0 Å². The smallest absolute Gasteiger partial charge is 0.339 e. The zero-order chi connectivity index (χ0) is 14.4. The van der Waals surface area contributed by atoms with Gasteiger partial charge in [-0.3, -0.25) is 0 Å². The van der Waals surface area contributed by atoms with Crippen LogP contribution in [-0.4, -0.2) is 24.1 Å². The number of ether oxygens (including phenoxy) is 2. The van der Waals surface area contributed by atoms with Crippen molar-refractivity contribution >= 4 is 11.9 Å². The molecule has 0 aliphatic heterocycles. The van der Waals surface area contributed by atoms with Crippen molar-refractivity contribution in [3.05, 3.63) is 35.5 Å². The number of hydrogen-bond acceptors (Lipinski definition) is 4. The lowest BCUT2D eigenvalue weighted by atomic mass is 10.1. The van der Waals surface area contributed by atoms with E-state index >= 15 is 0 Å². The van der Waals surface area contributed by atoms with E-state index in [0.717, 1.165) is 0 Å². The molecule has 0 unspecified atom stereocenters. The van der Waals surface area contributed by atoms with Gasteiger partial charge >= 0.3 is 11.9 Å². The summed E-state index contributed by atoms with van der Waals surface area (Å²) in [6.45, 7) is 7.06. The van der Waals surface area contributed by atoms with Crippen LogP contribution in [0.2, 0.25) is 0 Å². The number of carbonyl (C=O) groups excluding carboxylic acids is 2. The van der Waals surface area contributed by atoms with Gasteiger partial charge in [0, 0.05) is 0 Å². The Morgan fingerprint density at radius 3 is 2.05 bits per heavy atom. The molecule has 0 radical (unpaired) electrons. The predicted molar refractivity (Wildman–Crippen MR) is 72.4 cm³/mol. The Morgan fingerprint density at radius 2 is 1.53 bits per heavy atom. The third kappa shape index (κ3) is 4.73. The standard InChI is InChI=1S/C15H20O4/c1-10(2)18-14(16)12-8-6-5-7-9-13(12)15(17)19-11(3)4/h5-6,8-11H,7H2,1-4H3. The molecule has 19 heavy (non-hydrogen) atoms. The number of carbonyl (C=O) groups is 2. The van der Waals surface area contributed by atoms with E-state index in [-0.39, 0.29) is 23.4 Å². The Bertz CT molecular complexity index is 439. The lowest BCUT2D eigenvalue weighted by molar-refractivity contribution is -0.146. The average molecular weight is 264 g/mol. The highest BCUT2D eigenvalue weighted by molar-refractivity contribution is 6.07. The highest BCUT2D eigenvalue weighted by Gasteiger charge is 2.24. The molecule has 0 bridgehead atoms. The molecule has 4 nitrogen and oxygen atoms in total. The topological polar surface area (TPSA) is 52.6 Å². The number of allylic oxidation sites excluding steroid dienone is 4. The summed E-state index contributed by atoms with van der Waals surface area (Å²) < 4.78 is 10.3. The van der Waals surface area contributed by atoms with Crippen molar-refractivity contribution in [2.75, 3.05) is 0 Å². The van der Waals surface area contributed by atoms with Gasteiger partial charge in [0.2, 0.25) is 0 Å². The number of esters is 2. The molecular weight excluding hydrogens is 244 g/mol. The maximum absolute atomic E-state index is 12.0. The molecule has 0 fully saturated rings. The molecule has 0 atom stereocenters. The highest BCUT2D eigenvalue weighted by atomic mass is 16.5. The summed E-state index contributed by atoms with van der Waals surface area (Å²) in [5, 5.41) is 0. The maximum Gasteiger partial charge on any atom is 0.339 e. The van der Waals surface area contributed by atoms with E-state index in [1.54, 1.807) is 45.9 Å². The van der Waals surface area contributed by atoms with Crippen LogP contribution < -0.4 is 0 Å². The van der Waals surface area contributed by atoms with Gasteiger partial charge in [0.15, 0.2) is 0 Å². The van der Waals surface area contributed by atoms with E-state index in [1.807, 2.05) is 6.08 Å². The second-order valence-corrected chi connectivity index (χ2v) is 4.77. The van der Waals surface area contributed by atoms with Crippen LogP contribution in [0.4, 0.5) is 0 Å². The molecular formula is C15H20O4. The van der Waals surface area contributed by atoms with Crippen LogP contribution in [0, 0.1) is 0 Å². The lowest BCUT2D eigenvalue weighted by Gasteiger charge is -2.14. The minimum absolute atomic E-state index is 0.230. The van der Waals surface area contributed by atoms with Crippen LogP contribution in [0.1, 0.15) is 34.1 Å². The normalized spacial score (nSPS) is 14.8. The fraction of sp³-hybridized carbons (Fsp3) is 0.467. The van der Waals surface area contributed by atoms with Gasteiger partial charge in [-0.25, -0.2) is 9.59 Å². The molecule has 0 aromatic heterocycles. The summed E-state index contributed by atoms with van der Waals surface area (Å²) in [6, 6.07) is 0. The molecule has 0 amide bonds. The van der Waals surface area contributed by atoms with E-state index in [9.17, 15) is 9.59 Å². The zero-order valence-corrected chi connectivity index (χ0v) is 11.8. The summed E-state index contributed by atoms with van der Waals surface area (Å²) in [5.74, 6) is -1.00. The summed E-state index contributed by atoms with van der Waals surface area (Å²) in [7, 11) is 0. The van der Waals surface area contributed by atoms with E-state index in [2.05, 4.69) is 0 Å². The minimum atomic E-state index is -0.506. The van der Waals surface area contributed by atoms with Crippen molar-refractivity contribution in [2.24, 2.45) is 0 Å². The molecule has 0 saturated carbocycles. The number of hydrogen-bond donors (Lipinski definition) is 0. The second kappa shape index (κ2) is 6.92. The molecule has 0 aromatic carbocycles. The fourth-order valence-electron chi connectivity index (χ4n) is 1.55. The first-order valence-corrected chi connectivity index (χ1v) is 6.41. The summed E-state index contributed by atoms with van der Waals surface area (Å²) >= 11 is 0. The van der Waals surface area contributed by atoms with Crippen molar-refractivity contribution in [1.82, 2.24) is 0 Å². The van der Waals surface area contributed by atoms with Crippen LogP contribution in [0.15, 0.2) is 35.5 Å². The number of rotatable bonds is 4. The van der Waals surface area contributed by atoms with Crippen molar-refractivity contribution < 1.29 is 19.1 Å². The maximum atomic E-state index is 12.0. The molecule has 0 saturated heterocycles. The van der Waals surface area contributed by atoms with Gasteiger partial charge in [0.1, 0.15) is 0 Å². The van der Waals surface area contributed by atoms with Crippen molar-refractivity contribution in [1.29, 1.82) is 0 Å². The van der Waals surface area contributed by atoms with Crippen LogP contribution >= 0.6 is 0 Å². The van der Waals surface area contributed by atoms with Gasteiger partial charge < -0.3 is 9.47 Å². The third-order valence-corrected chi connectivity index (χ3v) is 2.27. The second-order valence-electron chi connectivity index (χ2n) is 4.77. The van der Waals surface area contributed by atoms with Gasteiger partial charge in [-0.05, 0) is 40.2 Å². The molecule has 4 heteroatoms. The Morgan fingerprint density at radius 1 is 1.00 bits per heavy atom. The van der Waals surface area contributed by atoms with E-state index < -0.39 is 11.9 Å². The third-order valence-electron chi connectivity index (χ3n) is 2.27. The van der Waals surface area contributed by atoms with Gasteiger partial charge in [0.05, 0.1) is 23.4 Å². The molecule has 104 valence electrons. The molecule has 1 aliphatic carbocycles. The van der Waals surface area contributed by atoms with Crippen molar-refractivity contribution in [3.63, 3.8) is 0 Å². The Balaban J connectivity index is 2.96. The van der Waals surface area contributed by atoms with Crippen molar-refractivity contribution in [2.45, 2.75) is 46.3 Å². The molecule has 0 aromatic rings. The zero-order valence-electron chi connectivity index (χ0n) is 11.8. The summed E-state index contributed by atoms with van der Waals surface area (Å²) in [5.41, 5.74) is 0.512. The first-order chi connectivity index (χ1) is 8.91. The van der Waals surface area contributed by atoms with Crippen LogP contribution in [-0.2, 0) is 19.1 Å². The molecule has 0 spiro atoms. The fourth-order valence-corrected chi connectivity index (χ4v) is 1.55. The van der Waals surface area contributed by atoms with E-state index in [0.29, 0.717) is 6.42 Å². The summed E-state index contributed by atoms with van der Waals surface area (Å²) in [4.78, 5) is 24.0. The quantitative estimate of drug-likeness (QED) is 0.733. The van der Waals surface area contributed by atoms with Gasteiger partial charge in [-0.15, -0.1) is 0 Å². The van der Waals surface area contributed by atoms with E-state index in [1.165, 1.54) is 0 Å². The molecule has 0 N–H and O–H groups in total. The lowest BCUT2D eigenvalue weighted by Crippen LogP contribution is -2.21. The van der Waals surface area contributed by atoms with Crippen molar-refractivity contribution in [3.8, 4) is 0 Å². The molecule has 0 heterocycles. The van der Waals surface area contributed by atoms with Gasteiger partial charge in [-0.1, -0.05) is 18.2 Å². The molecule has 1 rings (SSSR count). The Hall–Kier alpha value is -1.84. The first-order valence-electron chi connectivity index (χ1n) is 6.41. The first kappa shape index (κ1) is 15.2. The Labute approximate surface area is 113 Å². The van der Waals surface area contributed by atoms with E-state index in [4.69, 9.17) is 9.47 Å². The predicted octanol–water partition coefficient (Wildman–Crippen LogP) is 2.70. The molecule has 1 aliphatic rings. The van der Waals surface area contributed by atoms with Crippen LogP contribution in [0.25, 0.3) is 0 Å². The Kier molecular flexibility index (Phi) is 5.55. The summed E-state index contributed by atoms with van der Waals surface area (Å²) in [6.07, 6.45) is 6.99. The minimum Gasteiger partial charge on any atom is -0.459 e. The highest BCUT2D eigenvalue weighted by Crippen LogP contribution is 2.19. The monoisotopic (exact) mass is 264 g/mol. The van der Waals surface area contributed by atoms with Gasteiger partial charge in [-0.2, -0.15) is 0 Å². The largest absolute Gasteiger partial charge is 0.459 e. The SMILES string of the molecule is CC(C)OC(=O)C1=CC=CCC=C1C(=O)OC(C)C.